The van der Waals surface area contributed by atoms with Gasteiger partial charge in [-0.05, 0) is 30.3 Å². The Hall–Kier alpha value is -1.50. The molecule has 8 heteroatoms. The zero-order valence-electron chi connectivity index (χ0n) is 10.8. The lowest BCUT2D eigenvalue weighted by atomic mass is 10.3. The quantitative estimate of drug-likeness (QED) is 0.862. The summed E-state index contributed by atoms with van der Waals surface area (Å²) in [5.41, 5.74) is 5.78. The fourth-order valence-electron chi connectivity index (χ4n) is 1.71. The molecule has 0 aliphatic heterocycles. The van der Waals surface area contributed by atoms with Crippen molar-refractivity contribution in [1.82, 2.24) is 0 Å². The average Bonchev–Trinajstić information content (AvgIpc) is 2.43. The number of benzene rings is 2. The maximum absolute atomic E-state index is 13.2. The molecule has 0 aromatic heterocycles. The van der Waals surface area contributed by atoms with E-state index in [0.717, 1.165) is 10.4 Å². The van der Waals surface area contributed by atoms with Gasteiger partial charge in [0.1, 0.15) is 10.7 Å². The Balaban J connectivity index is 2.55. The van der Waals surface area contributed by atoms with E-state index < -0.39 is 15.8 Å². The zero-order chi connectivity index (χ0) is 15.8. The molecule has 0 atom stereocenters. The first kappa shape index (κ1) is 15.9. The van der Waals surface area contributed by atoms with E-state index >= 15 is 0 Å². The SMILES string of the molecule is CN(c1cccc(F)c1)S(=O)(=O)c1ccc(Cl)c(N)c1Cl. The summed E-state index contributed by atoms with van der Waals surface area (Å²) in [5, 5.41) is -0.00175. The smallest absolute Gasteiger partial charge is 0.265 e. The number of sulfonamides is 1. The van der Waals surface area contributed by atoms with E-state index in [4.69, 9.17) is 28.9 Å². The van der Waals surface area contributed by atoms with E-state index in [1.165, 1.54) is 37.4 Å². The molecule has 0 heterocycles. The molecular formula is C13H11Cl2FN2O2S. The molecule has 2 aromatic carbocycles. The molecule has 4 nitrogen and oxygen atoms in total. The van der Waals surface area contributed by atoms with Gasteiger partial charge in [0.15, 0.2) is 0 Å². The van der Waals surface area contributed by atoms with E-state index in [9.17, 15) is 12.8 Å². The van der Waals surface area contributed by atoms with Gasteiger partial charge in [-0.1, -0.05) is 29.3 Å². The molecule has 0 aliphatic carbocycles. The Morgan fingerprint density at radius 1 is 1.19 bits per heavy atom. The van der Waals surface area contributed by atoms with E-state index in [1.807, 2.05) is 0 Å². The van der Waals surface area contributed by atoms with Gasteiger partial charge in [-0.25, -0.2) is 12.8 Å². The van der Waals surface area contributed by atoms with E-state index in [0.29, 0.717) is 0 Å². The molecule has 2 N–H and O–H groups in total. The molecule has 0 saturated carbocycles. The molecule has 2 rings (SSSR count). The molecule has 21 heavy (non-hydrogen) atoms. The molecule has 2 aromatic rings. The van der Waals surface area contributed by atoms with Gasteiger partial charge in [-0.2, -0.15) is 0 Å². The second kappa shape index (κ2) is 5.71. The number of nitrogen functional groups attached to an aromatic ring is 1. The monoisotopic (exact) mass is 348 g/mol. The number of nitrogens with two attached hydrogens (primary N) is 1. The third kappa shape index (κ3) is 2.92. The summed E-state index contributed by atoms with van der Waals surface area (Å²) < 4.78 is 39.2. The summed E-state index contributed by atoms with van der Waals surface area (Å²) in [6, 6.07) is 7.80. The van der Waals surface area contributed by atoms with Gasteiger partial charge < -0.3 is 5.73 Å². The summed E-state index contributed by atoms with van der Waals surface area (Å²) in [6.45, 7) is 0. The van der Waals surface area contributed by atoms with Crippen molar-refractivity contribution in [3.63, 3.8) is 0 Å². The van der Waals surface area contributed by atoms with Crippen LogP contribution in [0.5, 0.6) is 0 Å². The number of hydrogen-bond donors (Lipinski definition) is 1. The Labute approximate surface area is 131 Å². The van der Waals surface area contributed by atoms with Crippen LogP contribution in [-0.2, 0) is 10.0 Å². The number of nitrogens with zero attached hydrogens (tertiary/aromatic N) is 1. The summed E-state index contributed by atoms with van der Waals surface area (Å²) in [5.74, 6) is -0.545. The fourth-order valence-corrected chi connectivity index (χ4v) is 3.63. The highest BCUT2D eigenvalue weighted by Crippen LogP contribution is 2.35. The largest absolute Gasteiger partial charge is 0.396 e. The maximum Gasteiger partial charge on any atom is 0.265 e. The summed E-state index contributed by atoms with van der Waals surface area (Å²) in [6.07, 6.45) is 0. The topological polar surface area (TPSA) is 63.4 Å². The molecule has 0 amide bonds. The predicted octanol–water partition coefficient (Wildman–Crippen LogP) is 3.54. The van der Waals surface area contributed by atoms with Crippen molar-refractivity contribution >= 4 is 44.6 Å². The van der Waals surface area contributed by atoms with Crippen molar-refractivity contribution in [2.45, 2.75) is 4.90 Å². The van der Waals surface area contributed by atoms with Gasteiger partial charge in [0.05, 0.1) is 21.4 Å². The first-order valence-corrected chi connectivity index (χ1v) is 7.92. The van der Waals surface area contributed by atoms with Crippen LogP contribution in [0, 0.1) is 5.82 Å². The summed E-state index contributed by atoms with van der Waals surface area (Å²) >= 11 is 11.7. The molecule has 0 radical (unpaired) electrons. The van der Waals surface area contributed by atoms with E-state index in [1.54, 1.807) is 0 Å². The Kier molecular flexibility index (Phi) is 4.32. The molecule has 0 fully saturated rings. The van der Waals surface area contributed by atoms with Crippen molar-refractivity contribution in [2.24, 2.45) is 0 Å². The third-order valence-corrected chi connectivity index (χ3v) is 5.58. The van der Waals surface area contributed by atoms with Crippen LogP contribution in [0.3, 0.4) is 0 Å². The molecule has 0 spiro atoms. The molecule has 0 bridgehead atoms. The van der Waals surface area contributed by atoms with Crippen LogP contribution in [0.1, 0.15) is 0 Å². The van der Waals surface area contributed by atoms with Gasteiger partial charge in [0.2, 0.25) is 0 Å². The number of anilines is 2. The minimum atomic E-state index is -3.98. The van der Waals surface area contributed by atoms with Gasteiger partial charge in [-0.15, -0.1) is 0 Å². The third-order valence-electron chi connectivity index (χ3n) is 2.90. The van der Waals surface area contributed by atoms with Crippen molar-refractivity contribution in [3.8, 4) is 0 Å². The van der Waals surface area contributed by atoms with Crippen LogP contribution in [0.4, 0.5) is 15.8 Å². The Morgan fingerprint density at radius 2 is 1.86 bits per heavy atom. The van der Waals surface area contributed by atoms with Gasteiger partial charge in [0, 0.05) is 7.05 Å². The number of hydrogen-bond acceptors (Lipinski definition) is 3. The van der Waals surface area contributed by atoms with E-state index in [-0.39, 0.29) is 26.3 Å². The highest BCUT2D eigenvalue weighted by atomic mass is 35.5. The molecule has 0 unspecified atom stereocenters. The Morgan fingerprint density at radius 3 is 2.48 bits per heavy atom. The second-order valence-electron chi connectivity index (χ2n) is 4.23. The summed E-state index contributed by atoms with van der Waals surface area (Å²) in [7, 11) is -2.69. The lowest BCUT2D eigenvalue weighted by Gasteiger charge is -2.20. The van der Waals surface area contributed by atoms with Gasteiger partial charge >= 0.3 is 0 Å². The minimum absolute atomic E-state index is 0.0212. The van der Waals surface area contributed by atoms with Crippen molar-refractivity contribution < 1.29 is 12.8 Å². The zero-order valence-corrected chi connectivity index (χ0v) is 13.2. The van der Waals surface area contributed by atoms with Crippen molar-refractivity contribution in [2.75, 3.05) is 17.1 Å². The lowest BCUT2D eigenvalue weighted by molar-refractivity contribution is 0.594. The lowest BCUT2D eigenvalue weighted by Crippen LogP contribution is -2.27. The average molecular weight is 349 g/mol. The predicted molar refractivity (Wildman–Crippen MR) is 82.9 cm³/mol. The first-order chi connectivity index (χ1) is 9.75. The highest BCUT2D eigenvalue weighted by molar-refractivity contribution is 7.93. The minimum Gasteiger partial charge on any atom is -0.396 e. The molecule has 0 saturated heterocycles. The summed E-state index contributed by atoms with van der Waals surface area (Å²) in [4.78, 5) is -0.196. The molecule has 112 valence electrons. The fraction of sp³-hybridized carbons (Fsp3) is 0.0769. The van der Waals surface area contributed by atoms with Crippen LogP contribution in [0.15, 0.2) is 41.3 Å². The first-order valence-electron chi connectivity index (χ1n) is 5.73. The standard InChI is InChI=1S/C13H11Cl2FN2O2S/c1-18(9-4-2-3-8(16)7-9)21(19,20)11-6-5-10(14)13(17)12(11)15/h2-7H,17H2,1H3. The number of halogens is 3. The van der Waals surface area contributed by atoms with E-state index in [2.05, 4.69) is 0 Å². The normalized spacial score (nSPS) is 11.4. The highest BCUT2D eigenvalue weighted by Gasteiger charge is 2.26. The van der Waals surface area contributed by atoms with Crippen LogP contribution in [-0.4, -0.2) is 15.5 Å². The van der Waals surface area contributed by atoms with Crippen LogP contribution in [0.25, 0.3) is 0 Å². The van der Waals surface area contributed by atoms with Gasteiger partial charge in [0.25, 0.3) is 10.0 Å². The second-order valence-corrected chi connectivity index (χ2v) is 6.95. The number of rotatable bonds is 3. The maximum atomic E-state index is 13.2. The Bertz CT molecular complexity index is 797. The molecule has 0 aliphatic rings. The van der Waals surface area contributed by atoms with Crippen LogP contribution < -0.4 is 10.0 Å². The molecular weight excluding hydrogens is 338 g/mol. The van der Waals surface area contributed by atoms with Gasteiger partial charge in [-0.3, -0.25) is 4.31 Å². The van der Waals surface area contributed by atoms with Crippen LogP contribution >= 0.6 is 23.2 Å². The van der Waals surface area contributed by atoms with Crippen molar-refractivity contribution in [1.29, 1.82) is 0 Å². The van der Waals surface area contributed by atoms with Crippen LogP contribution in [0.2, 0.25) is 10.0 Å². The van der Waals surface area contributed by atoms with Crippen molar-refractivity contribution in [3.05, 3.63) is 52.3 Å².